The number of ether oxygens (including phenoxy) is 1. The molecule has 4 aliphatic heterocycles. The molecular weight excluding hydrogens is 672 g/mol. The zero-order chi connectivity index (χ0) is 38.4. The fraction of sp³-hybridized carbons (Fsp3) is 0.676. The summed E-state index contributed by atoms with van der Waals surface area (Å²) in [5.74, 6) is -5.44. The highest BCUT2D eigenvalue weighted by atomic mass is 16.6. The van der Waals surface area contributed by atoms with Crippen molar-refractivity contribution in [1.29, 1.82) is 0 Å². The van der Waals surface area contributed by atoms with Crippen LogP contribution in [-0.2, 0) is 39.1 Å². The first-order valence-electron chi connectivity index (χ1n) is 18.4. The second-order valence-electron chi connectivity index (χ2n) is 15.9. The van der Waals surface area contributed by atoms with Crippen LogP contribution < -0.4 is 21.3 Å². The molecule has 286 valence electrons. The summed E-state index contributed by atoms with van der Waals surface area (Å²) in [7, 11) is 0. The van der Waals surface area contributed by atoms with Gasteiger partial charge in [-0.05, 0) is 56.9 Å². The van der Waals surface area contributed by atoms with E-state index in [0.29, 0.717) is 24.1 Å². The third-order valence-corrected chi connectivity index (χ3v) is 10.6. The van der Waals surface area contributed by atoms with Gasteiger partial charge in [-0.15, -0.1) is 0 Å². The Morgan fingerprint density at radius 3 is 2.12 bits per heavy atom. The molecule has 0 radical (unpaired) electrons. The molecule has 5 rings (SSSR count). The minimum absolute atomic E-state index is 0.0825. The number of nitrogens with one attached hydrogen (secondary N) is 4. The van der Waals surface area contributed by atoms with Crippen molar-refractivity contribution in [3.05, 3.63) is 29.3 Å². The summed E-state index contributed by atoms with van der Waals surface area (Å²) < 4.78 is 5.85. The average molecular weight is 727 g/mol. The van der Waals surface area contributed by atoms with E-state index in [9.17, 15) is 39.0 Å². The van der Waals surface area contributed by atoms with E-state index in [1.807, 2.05) is 26.8 Å². The lowest BCUT2D eigenvalue weighted by Crippen LogP contribution is -2.63. The Hall–Kier alpha value is -4.24. The molecule has 3 fully saturated rings. The van der Waals surface area contributed by atoms with Gasteiger partial charge in [0.15, 0.2) is 6.10 Å². The molecule has 3 saturated heterocycles. The number of aryl methyl sites for hydroxylation is 1. The third kappa shape index (κ3) is 7.34. The highest BCUT2D eigenvalue weighted by Gasteiger charge is 2.61. The lowest BCUT2D eigenvalue weighted by Gasteiger charge is -2.36. The maximum absolute atomic E-state index is 14.6. The number of amides is 5. The van der Waals surface area contributed by atoms with Gasteiger partial charge in [0.2, 0.25) is 23.6 Å². The van der Waals surface area contributed by atoms with Crippen molar-refractivity contribution >= 4 is 41.2 Å². The summed E-state index contributed by atoms with van der Waals surface area (Å²) in [5, 5.41) is 34.5. The molecule has 4 heterocycles. The summed E-state index contributed by atoms with van der Waals surface area (Å²) in [5.41, 5.74) is 0.104. The third-order valence-electron chi connectivity index (χ3n) is 10.6. The number of hydrogen-bond donors (Lipinski definition) is 6. The molecule has 0 aromatic heterocycles. The largest absolute Gasteiger partial charge is 0.450 e. The molecule has 0 bridgehead atoms. The number of cyclic esters (lactones) is 1. The maximum Gasteiger partial charge on any atom is 0.329 e. The number of hydrogen-bond acceptors (Lipinski definition) is 10. The van der Waals surface area contributed by atoms with Crippen LogP contribution in [0.2, 0.25) is 0 Å². The van der Waals surface area contributed by atoms with Gasteiger partial charge in [0, 0.05) is 24.2 Å². The molecule has 15 nitrogen and oxygen atoms in total. The van der Waals surface area contributed by atoms with Crippen LogP contribution in [0.3, 0.4) is 0 Å². The first-order valence-corrected chi connectivity index (χ1v) is 18.4. The molecule has 1 aromatic rings. The summed E-state index contributed by atoms with van der Waals surface area (Å²) >= 11 is 0. The second kappa shape index (κ2) is 15.0. The van der Waals surface area contributed by atoms with Crippen molar-refractivity contribution in [3.8, 4) is 0 Å². The lowest BCUT2D eigenvalue weighted by atomic mass is 9.90. The maximum atomic E-state index is 14.6. The highest BCUT2D eigenvalue weighted by Crippen LogP contribution is 2.50. The minimum Gasteiger partial charge on any atom is -0.450 e. The molecular formula is C37H54N6O9. The Kier molecular flexibility index (Phi) is 11.3. The van der Waals surface area contributed by atoms with Gasteiger partial charge in [-0.3, -0.25) is 24.0 Å². The van der Waals surface area contributed by atoms with E-state index in [-0.39, 0.29) is 25.3 Å². The van der Waals surface area contributed by atoms with Gasteiger partial charge in [-0.25, -0.2) is 4.79 Å². The Morgan fingerprint density at radius 1 is 0.846 bits per heavy atom. The number of fused-ring (bicyclic) bond motifs is 6. The van der Waals surface area contributed by atoms with E-state index in [1.165, 1.54) is 11.8 Å². The topological polar surface area (TPSA) is 207 Å². The van der Waals surface area contributed by atoms with Crippen LogP contribution in [-0.4, -0.2) is 111 Å². The van der Waals surface area contributed by atoms with Gasteiger partial charge in [0.25, 0.3) is 5.91 Å². The van der Waals surface area contributed by atoms with Crippen LogP contribution in [0.15, 0.2) is 18.2 Å². The van der Waals surface area contributed by atoms with Crippen LogP contribution in [0.25, 0.3) is 0 Å². The van der Waals surface area contributed by atoms with Gasteiger partial charge in [-0.2, -0.15) is 0 Å². The van der Waals surface area contributed by atoms with E-state index in [1.54, 1.807) is 39.8 Å². The van der Waals surface area contributed by atoms with Crippen LogP contribution in [0.4, 0.5) is 5.69 Å². The predicted molar refractivity (Wildman–Crippen MR) is 189 cm³/mol. The number of aliphatic hydroxyl groups excluding tert-OH is 1. The van der Waals surface area contributed by atoms with Gasteiger partial charge in [0.05, 0.1) is 6.10 Å². The zero-order valence-corrected chi connectivity index (χ0v) is 31.3. The van der Waals surface area contributed by atoms with E-state index in [4.69, 9.17) is 4.74 Å². The smallest absolute Gasteiger partial charge is 0.329 e. The molecule has 0 saturated carbocycles. The summed E-state index contributed by atoms with van der Waals surface area (Å²) in [6.45, 7) is 13.9. The number of esters is 1. The van der Waals surface area contributed by atoms with Crippen molar-refractivity contribution in [2.75, 3.05) is 11.9 Å². The van der Waals surface area contributed by atoms with Crippen molar-refractivity contribution in [2.24, 2.45) is 17.8 Å². The van der Waals surface area contributed by atoms with Crippen molar-refractivity contribution in [2.45, 2.75) is 135 Å². The second-order valence-corrected chi connectivity index (χ2v) is 15.9. The molecule has 0 unspecified atom stereocenters. The Bertz CT molecular complexity index is 1600. The minimum atomic E-state index is -1.76. The highest BCUT2D eigenvalue weighted by molar-refractivity contribution is 5.98. The first-order chi connectivity index (χ1) is 24.3. The molecule has 9 atom stereocenters. The molecule has 5 amide bonds. The van der Waals surface area contributed by atoms with Crippen LogP contribution in [0.1, 0.15) is 85.3 Å². The normalized spacial score (nSPS) is 32.3. The van der Waals surface area contributed by atoms with E-state index in [0.717, 1.165) is 10.5 Å². The SMILES string of the molecule is Cc1ccc2c(c1)[C@]1(O)C[C@H]3C(=O)N[C@H](C(C)C)C(=O)O[C@@H](C(C)C)C(=O)N4CCC[C@@H]4C(=O)N[C@@H](CC(C)C)C(=O)N[C@H]([C@H](C)O)C(=O)N3[C@@H]1N2. The summed E-state index contributed by atoms with van der Waals surface area (Å²) in [6.07, 6.45) is -3.17. The lowest BCUT2D eigenvalue weighted by molar-refractivity contribution is -0.167. The first kappa shape index (κ1) is 39.0. The number of anilines is 1. The van der Waals surface area contributed by atoms with Crippen molar-refractivity contribution in [3.63, 3.8) is 0 Å². The van der Waals surface area contributed by atoms with E-state index in [2.05, 4.69) is 21.3 Å². The summed E-state index contributed by atoms with van der Waals surface area (Å²) in [6, 6.07) is -0.931. The van der Waals surface area contributed by atoms with E-state index < -0.39 is 102 Å². The fourth-order valence-electron chi connectivity index (χ4n) is 7.81. The van der Waals surface area contributed by atoms with Gasteiger partial charge in [-0.1, -0.05) is 59.2 Å². The number of nitrogens with zero attached hydrogens (tertiary/aromatic N) is 2. The summed E-state index contributed by atoms with van der Waals surface area (Å²) in [4.78, 5) is 87.0. The Morgan fingerprint density at radius 2 is 1.50 bits per heavy atom. The van der Waals surface area contributed by atoms with Gasteiger partial charge in [0.1, 0.15) is 42.0 Å². The number of carbonyl (C=O) groups is 6. The Balaban J connectivity index is 1.61. The Labute approximate surface area is 304 Å². The number of carbonyl (C=O) groups excluding carboxylic acids is 6. The monoisotopic (exact) mass is 726 g/mol. The van der Waals surface area contributed by atoms with Crippen molar-refractivity contribution < 1.29 is 43.7 Å². The number of benzene rings is 1. The van der Waals surface area contributed by atoms with E-state index >= 15 is 0 Å². The predicted octanol–water partition coefficient (Wildman–Crippen LogP) is 0.645. The molecule has 52 heavy (non-hydrogen) atoms. The van der Waals surface area contributed by atoms with Crippen LogP contribution in [0, 0.1) is 24.7 Å². The fourth-order valence-corrected chi connectivity index (χ4v) is 7.81. The quantitative estimate of drug-likeness (QED) is 0.234. The van der Waals surface area contributed by atoms with Gasteiger partial charge >= 0.3 is 5.97 Å². The van der Waals surface area contributed by atoms with Crippen molar-refractivity contribution in [1.82, 2.24) is 25.8 Å². The molecule has 0 spiro atoms. The number of rotatable bonds is 5. The molecule has 0 aliphatic carbocycles. The standard InChI is InChI=1S/C37H54N6O9/c1-17(2)14-24-30(45)41-28(21(8)44)33(48)43-26(16-37(51)22-15-20(7)11-12-23(22)39-36(37)43)32(47)40-27(18(3)4)35(50)52-29(19(5)6)34(49)42-13-9-10-25(42)31(46)38-24/h11-12,15,17-19,21,24-29,36,39,44,51H,9-10,13-14,16H2,1-8H3,(H,38,46)(H,40,47)(H,41,45)/t21-,24-,25+,26-,27+,28+,29-,36-,37+/m0/s1. The van der Waals surface area contributed by atoms with Crippen LogP contribution >= 0.6 is 0 Å². The van der Waals surface area contributed by atoms with Crippen LogP contribution in [0.5, 0.6) is 0 Å². The molecule has 1 aromatic carbocycles. The zero-order valence-electron chi connectivity index (χ0n) is 31.3. The average Bonchev–Trinajstić information content (AvgIpc) is 3.74. The molecule has 15 heteroatoms. The molecule has 6 N–H and O–H groups in total. The van der Waals surface area contributed by atoms with Gasteiger partial charge < -0.3 is 46.0 Å². The number of aliphatic hydroxyl groups is 2. The molecule has 4 aliphatic rings.